The van der Waals surface area contributed by atoms with E-state index in [-0.39, 0.29) is 0 Å². The van der Waals surface area contributed by atoms with Crippen molar-refractivity contribution in [1.82, 2.24) is 0 Å². The van der Waals surface area contributed by atoms with E-state index < -0.39 is 19.5 Å². The second-order valence-electron chi connectivity index (χ2n) is 3.14. The Kier molecular flexibility index (Phi) is 2.76. The van der Waals surface area contributed by atoms with Crippen LogP contribution in [-0.2, 0) is 22.9 Å². The number of phosphoric acid groups is 1. The van der Waals surface area contributed by atoms with Crippen molar-refractivity contribution in [3.8, 4) is 0 Å². The minimum absolute atomic E-state index is 0.684. The molecule has 0 aromatic carbocycles. The Hall–Kier alpha value is -0.440. The van der Waals surface area contributed by atoms with Gasteiger partial charge in [-0.1, -0.05) is 0 Å². The average Bonchev–Trinajstić information content (AvgIpc) is 2.24. The minimum atomic E-state index is -3.47. The molecule has 13 heavy (non-hydrogen) atoms. The molecule has 0 spiro atoms. The van der Waals surface area contributed by atoms with Crippen molar-refractivity contribution < 1.29 is 22.9 Å². The lowest BCUT2D eigenvalue weighted by Gasteiger charge is -2.17. The maximum absolute atomic E-state index is 11.5. The van der Waals surface area contributed by atoms with Gasteiger partial charge in [-0.15, -0.1) is 0 Å². The highest BCUT2D eigenvalue weighted by atomic mass is 31.2. The number of rotatable bonds is 2. The summed E-state index contributed by atoms with van der Waals surface area (Å²) in [6.45, 7) is 3.31. The van der Waals surface area contributed by atoms with Crippen LogP contribution in [-0.4, -0.2) is 24.8 Å². The maximum Gasteiger partial charge on any atom is 0.475 e. The predicted octanol–water partition coefficient (Wildman–Crippen LogP) is 1.32. The second-order valence-corrected chi connectivity index (χ2v) is 4.79. The molecule has 5 nitrogen and oxygen atoms in total. The van der Waals surface area contributed by atoms with Gasteiger partial charge in [-0.3, -0.25) is 13.6 Å². The maximum atomic E-state index is 11.5. The normalized spacial score (nSPS) is 37.0. The summed E-state index contributed by atoms with van der Waals surface area (Å²) in [5.74, 6) is 1.57. The molecular weight excluding hydrogens is 195 g/mol. The fourth-order valence-corrected chi connectivity index (χ4v) is 2.48. The summed E-state index contributed by atoms with van der Waals surface area (Å²) in [4.78, 5) is 10.1. The van der Waals surface area contributed by atoms with Gasteiger partial charge in [0, 0.05) is 13.2 Å². The summed E-state index contributed by atoms with van der Waals surface area (Å²) in [6, 6.07) is 0. The molecule has 1 heterocycles. The average molecular weight is 206 g/mol. The van der Waals surface area contributed by atoms with Gasteiger partial charge in [0.2, 0.25) is 0 Å². The van der Waals surface area contributed by atoms with E-state index in [4.69, 9.17) is 9.05 Å². The van der Waals surface area contributed by atoms with Crippen LogP contribution in [0.4, 0.5) is 0 Å². The third kappa shape index (κ3) is 2.08. The topological polar surface area (TPSA) is 61.8 Å². The molecule has 1 fully saturated rings. The lowest BCUT2D eigenvalue weighted by atomic mass is 10.0. The number of phosphoric ester groups is 1. The summed E-state index contributed by atoms with van der Waals surface area (Å²) in [7, 11) is -2.24. The van der Waals surface area contributed by atoms with E-state index in [1.165, 1.54) is 7.11 Å². The fraction of sp³-hybridized carbons (Fsp3) is 0.714. The first kappa shape index (κ1) is 10.6. The smallest absolute Gasteiger partial charge is 0.290 e. The van der Waals surface area contributed by atoms with E-state index in [0.717, 1.165) is 6.08 Å². The van der Waals surface area contributed by atoms with Crippen molar-refractivity contribution >= 4 is 13.8 Å². The van der Waals surface area contributed by atoms with Crippen molar-refractivity contribution in [3.05, 3.63) is 6.08 Å². The molecular formula is C7H11O5P. The molecule has 1 aliphatic heterocycles. The van der Waals surface area contributed by atoms with Crippen molar-refractivity contribution in [2.45, 2.75) is 25.6 Å². The molecule has 0 amide bonds. The van der Waals surface area contributed by atoms with E-state index in [9.17, 15) is 9.36 Å². The van der Waals surface area contributed by atoms with Gasteiger partial charge in [-0.2, -0.15) is 0 Å². The van der Waals surface area contributed by atoms with Gasteiger partial charge in [-0.05, 0) is 13.8 Å². The van der Waals surface area contributed by atoms with Crippen LogP contribution >= 0.6 is 7.82 Å². The Morgan fingerprint density at radius 2 is 2.23 bits per heavy atom. The summed E-state index contributed by atoms with van der Waals surface area (Å²) in [5.41, 5.74) is -0.830. The third-order valence-corrected chi connectivity index (χ3v) is 3.34. The molecule has 0 aliphatic carbocycles. The van der Waals surface area contributed by atoms with Crippen molar-refractivity contribution in [2.24, 2.45) is 0 Å². The van der Waals surface area contributed by atoms with Gasteiger partial charge in [0.25, 0.3) is 0 Å². The van der Waals surface area contributed by atoms with E-state index in [2.05, 4.69) is 4.52 Å². The Labute approximate surface area is 76.3 Å². The molecule has 0 saturated carbocycles. The van der Waals surface area contributed by atoms with Crippen molar-refractivity contribution in [2.75, 3.05) is 7.11 Å². The molecule has 0 bridgehead atoms. The van der Waals surface area contributed by atoms with Gasteiger partial charge >= 0.3 is 7.82 Å². The van der Waals surface area contributed by atoms with E-state index in [1.54, 1.807) is 19.8 Å². The first-order valence-corrected chi connectivity index (χ1v) is 5.15. The van der Waals surface area contributed by atoms with Crippen LogP contribution < -0.4 is 0 Å². The largest absolute Gasteiger partial charge is 0.475 e. The zero-order chi connectivity index (χ0) is 10.1. The zero-order valence-corrected chi connectivity index (χ0v) is 8.54. The lowest BCUT2D eigenvalue weighted by molar-refractivity contribution is 0.0963. The summed E-state index contributed by atoms with van der Waals surface area (Å²) in [6.07, 6.45) is 0.439. The first-order chi connectivity index (χ1) is 5.93. The van der Waals surface area contributed by atoms with Crippen molar-refractivity contribution in [1.29, 1.82) is 0 Å². The number of carbonyl (C=O) groups excluding carboxylic acids is 1. The number of hydrogen-bond acceptors (Lipinski definition) is 5. The van der Waals surface area contributed by atoms with Gasteiger partial charge in [0.1, 0.15) is 17.6 Å². The van der Waals surface area contributed by atoms with Crippen LogP contribution in [0.5, 0.6) is 0 Å². The summed E-state index contributed by atoms with van der Waals surface area (Å²) >= 11 is 0. The van der Waals surface area contributed by atoms with Gasteiger partial charge in [-0.25, -0.2) is 9.36 Å². The quantitative estimate of drug-likeness (QED) is 0.503. The standard InChI is InChI=1S/C7H11O5P/c1-7(2)6(4-5-8)11-13(9,10-3)12-7/h4,6H,1-3H3. The monoisotopic (exact) mass is 206 g/mol. The molecule has 0 aromatic rings. The van der Waals surface area contributed by atoms with Crippen molar-refractivity contribution in [3.63, 3.8) is 0 Å². The van der Waals surface area contributed by atoms with Crippen LogP contribution in [0.3, 0.4) is 0 Å². The summed E-state index contributed by atoms with van der Waals surface area (Å²) < 4.78 is 26.0. The summed E-state index contributed by atoms with van der Waals surface area (Å²) in [5, 5.41) is 0. The Bertz CT molecular complexity index is 291. The molecule has 2 unspecified atom stereocenters. The van der Waals surface area contributed by atoms with E-state index in [0.29, 0.717) is 0 Å². The molecule has 6 heteroatoms. The SMILES string of the molecule is COP1(=O)OC(C=C=O)C(C)(C)O1. The molecule has 0 N–H and O–H groups in total. The third-order valence-electron chi connectivity index (χ3n) is 1.72. The molecule has 74 valence electrons. The van der Waals surface area contributed by atoms with Gasteiger partial charge < -0.3 is 0 Å². The molecule has 0 radical (unpaired) electrons. The van der Waals surface area contributed by atoms with Crippen LogP contribution in [0.1, 0.15) is 13.8 Å². The second kappa shape index (κ2) is 3.37. The Balaban J connectivity index is 2.91. The minimum Gasteiger partial charge on any atom is -0.290 e. The molecule has 1 saturated heterocycles. The molecule has 1 aliphatic rings. The van der Waals surface area contributed by atoms with E-state index >= 15 is 0 Å². The lowest BCUT2D eigenvalue weighted by Crippen LogP contribution is -2.31. The predicted molar refractivity (Wildman–Crippen MR) is 44.9 cm³/mol. The highest BCUT2D eigenvalue weighted by Gasteiger charge is 2.50. The van der Waals surface area contributed by atoms with Crippen LogP contribution in [0.15, 0.2) is 6.08 Å². The Morgan fingerprint density at radius 1 is 1.62 bits per heavy atom. The van der Waals surface area contributed by atoms with Gasteiger partial charge in [0.15, 0.2) is 0 Å². The highest BCUT2D eigenvalue weighted by molar-refractivity contribution is 7.48. The van der Waals surface area contributed by atoms with E-state index in [1.807, 2.05) is 0 Å². The van der Waals surface area contributed by atoms with Crippen LogP contribution in [0.25, 0.3) is 0 Å². The first-order valence-electron chi connectivity index (χ1n) is 3.69. The molecule has 2 atom stereocenters. The van der Waals surface area contributed by atoms with Gasteiger partial charge in [0.05, 0.1) is 0 Å². The van der Waals surface area contributed by atoms with Crippen LogP contribution in [0, 0.1) is 0 Å². The molecule has 1 rings (SSSR count). The highest BCUT2D eigenvalue weighted by Crippen LogP contribution is 2.60. The van der Waals surface area contributed by atoms with Crippen LogP contribution in [0.2, 0.25) is 0 Å². The molecule has 0 aromatic heterocycles. The fourth-order valence-electron chi connectivity index (χ4n) is 1.00. The Morgan fingerprint density at radius 3 is 2.62 bits per heavy atom. The zero-order valence-electron chi connectivity index (χ0n) is 7.64. The number of hydrogen-bond donors (Lipinski definition) is 0.